The Morgan fingerprint density at radius 1 is 1.38 bits per heavy atom. The predicted molar refractivity (Wildman–Crippen MR) is 57.2 cm³/mol. The second-order valence-electron chi connectivity index (χ2n) is 3.37. The van der Waals surface area contributed by atoms with Gasteiger partial charge in [0.2, 0.25) is 0 Å². The Kier molecular flexibility index (Phi) is 3.19. The average Bonchev–Trinajstić information content (AvgIpc) is 2.70. The molecule has 0 aliphatic heterocycles. The first-order chi connectivity index (χ1) is 7.66. The quantitative estimate of drug-likeness (QED) is 0.823. The largest absolute Gasteiger partial charge is 0.349 e. The van der Waals surface area contributed by atoms with Crippen LogP contribution in [-0.2, 0) is 6.42 Å². The van der Waals surface area contributed by atoms with Crippen LogP contribution in [-0.4, -0.2) is 9.97 Å². The molecule has 2 aromatic rings. The molecule has 0 spiro atoms. The standard InChI is InChI=1S/C11H9ClF2N2/c12-9(6-11-15-3-4-16-11)8-2-1-7(13)5-10(8)14/h1-5,9H,6H2,(H,15,16). The van der Waals surface area contributed by atoms with Gasteiger partial charge >= 0.3 is 0 Å². The second kappa shape index (κ2) is 4.61. The van der Waals surface area contributed by atoms with E-state index in [2.05, 4.69) is 9.97 Å². The van der Waals surface area contributed by atoms with E-state index < -0.39 is 17.0 Å². The lowest BCUT2D eigenvalue weighted by atomic mass is 10.1. The molecule has 0 radical (unpaired) electrons. The molecule has 1 unspecified atom stereocenters. The summed E-state index contributed by atoms with van der Waals surface area (Å²) < 4.78 is 26.1. The summed E-state index contributed by atoms with van der Waals surface area (Å²) in [5.41, 5.74) is 0.277. The van der Waals surface area contributed by atoms with Crippen LogP contribution in [0.3, 0.4) is 0 Å². The van der Waals surface area contributed by atoms with E-state index in [-0.39, 0.29) is 5.56 Å². The third-order valence-electron chi connectivity index (χ3n) is 2.23. The van der Waals surface area contributed by atoms with E-state index in [1.807, 2.05) is 0 Å². The Balaban J connectivity index is 2.17. The molecule has 2 nitrogen and oxygen atoms in total. The first kappa shape index (κ1) is 11.1. The number of nitrogens with one attached hydrogen (secondary N) is 1. The van der Waals surface area contributed by atoms with Gasteiger partial charge in [0.25, 0.3) is 0 Å². The monoisotopic (exact) mass is 242 g/mol. The molecule has 0 amide bonds. The minimum Gasteiger partial charge on any atom is -0.349 e. The molecule has 2 rings (SSSR count). The molecule has 0 aliphatic rings. The molecule has 5 heteroatoms. The van der Waals surface area contributed by atoms with Gasteiger partial charge in [-0.25, -0.2) is 13.8 Å². The van der Waals surface area contributed by atoms with Crippen molar-refractivity contribution >= 4 is 11.6 Å². The molecule has 84 valence electrons. The summed E-state index contributed by atoms with van der Waals surface area (Å²) in [4.78, 5) is 6.87. The van der Waals surface area contributed by atoms with Gasteiger partial charge in [-0.2, -0.15) is 0 Å². The van der Waals surface area contributed by atoms with E-state index in [4.69, 9.17) is 11.6 Å². The van der Waals surface area contributed by atoms with Gasteiger partial charge in [-0.3, -0.25) is 0 Å². The molecule has 0 aliphatic carbocycles. The molecule has 1 aromatic carbocycles. The van der Waals surface area contributed by atoms with E-state index in [0.717, 1.165) is 6.07 Å². The molecule has 1 aromatic heterocycles. The molecular weight excluding hydrogens is 234 g/mol. The van der Waals surface area contributed by atoms with Gasteiger partial charge in [0.1, 0.15) is 17.5 Å². The van der Waals surface area contributed by atoms with Crippen molar-refractivity contribution in [1.29, 1.82) is 0 Å². The molecular formula is C11H9ClF2N2. The summed E-state index contributed by atoms with van der Waals surface area (Å²) >= 11 is 6.03. The molecule has 0 saturated carbocycles. The highest BCUT2D eigenvalue weighted by Crippen LogP contribution is 2.26. The number of halogens is 3. The maximum atomic E-state index is 13.4. The fourth-order valence-electron chi connectivity index (χ4n) is 1.44. The highest BCUT2D eigenvalue weighted by molar-refractivity contribution is 6.20. The molecule has 1 N–H and O–H groups in total. The Bertz CT molecular complexity index is 471. The number of benzene rings is 1. The summed E-state index contributed by atoms with van der Waals surface area (Å²) in [7, 11) is 0. The highest BCUT2D eigenvalue weighted by Gasteiger charge is 2.15. The van der Waals surface area contributed by atoms with Crippen molar-refractivity contribution < 1.29 is 8.78 Å². The highest BCUT2D eigenvalue weighted by atomic mass is 35.5. The molecule has 0 bridgehead atoms. The van der Waals surface area contributed by atoms with E-state index in [1.165, 1.54) is 12.1 Å². The van der Waals surface area contributed by atoms with Crippen LogP contribution < -0.4 is 0 Å². The topological polar surface area (TPSA) is 28.7 Å². The van der Waals surface area contributed by atoms with Crippen LogP contribution in [0.4, 0.5) is 8.78 Å². The third kappa shape index (κ3) is 2.39. The summed E-state index contributed by atoms with van der Waals surface area (Å²) in [6.07, 6.45) is 3.64. The third-order valence-corrected chi connectivity index (χ3v) is 2.62. The maximum absolute atomic E-state index is 13.4. The van der Waals surface area contributed by atoms with Gasteiger partial charge in [0.05, 0.1) is 5.38 Å². The average molecular weight is 243 g/mol. The fraction of sp³-hybridized carbons (Fsp3) is 0.182. The van der Waals surface area contributed by atoms with Crippen molar-refractivity contribution in [3.05, 3.63) is 53.6 Å². The van der Waals surface area contributed by atoms with Crippen molar-refractivity contribution in [3.8, 4) is 0 Å². The normalized spacial score (nSPS) is 12.7. The van der Waals surface area contributed by atoms with Crippen molar-refractivity contribution in [3.63, 3.8) is 0 Å². The van der Waals surface area contributed by atoms with Crippen LogP contribution >= 0.6 is 11.6 Å². The van der Waals surface area contributed by atoms with Crippen LogP contribution in [0.5, 0.6) is 0 Å². The van der Waals surface area contributed by atoms with Gasteiger partial charge in [-0.05, 0) is 6.07 Å². The summed E-state index contributed by atoms with van der Waals surface area (Å²) in [5, 5.41) is -0.563. The Hall–Kier alpha value is -1.42. The van der Waals surface area contributed by atoms with Crippen LogP contribution in [0.25, 0.3) is 0 Å². The van der Waals surface area contributed by atoms with Gasteiger partial charge in [0, 0.05) is 30.4 Å². The van der Waals surface area contributed by atoms with Gasteiger partial charge < -0.3 is 4.98 Å². The number of aromatic amines is 1. The molecule has 0 fully saturated rings. The minimum atomic E-state index is -0.633. The van der Waals surface area contributed by atoms with E-state index in [0.29, 0.717) is 12.2 Å². The Labute approximate surface area is 96.3 Å². The number of rotatable bonds is 3. The number of hydrogen-bond acceptors (Lipinski definition) is 1. The lowest BCUT2D eigenvalue weighted by molar-refractivity contribution is 0.569. The first-order valence-corrected chi connectivity index (χ1v) is 5.17. The van der Waals surface area contributed by atoms with Crippen LogP contribution in [0, 0.1) is 11.6 Å². The van der Waals surface area contributed by atoms with Crippen molar-refractivity contribution in [2.75, 3.05) is 0 Å². The Morgan fingerprint density at radius 3 is 2.81 bits per heavy atom. The van der Waals surface area contributed by atoms with Gasteiger partial charge in [-0.15, -0.1) is 11.6 Å². The lowest BCUT2D eigenvalue weighted by Gasteiger charge is -2.09. The number of H-pyrrole nitrogens is 1. The lowest BCUT2D eigenvalue weighted by Crippen LogP contribution is -2.01. The minimum absolute atomic E-state index is 0.277. The van der Waals surface area contributed by atoms with E-state index in [9.17, 15) is 8.78 Å². The van der Waals surface area contributed by atoms with Crippen LogP contribution in [0.1, 0.15) is 16.8 Å². The first-order valence-electron chi connectivity index (χ1n) is 4.74. The second-order valence-corrected chi connectivity index (χ2v) is 3.90. The van der Waals surface area contributed by atoms with E-state index in [1.54, 1.807) is 12.4 Å². The van der Waals surface area contributed by atoms with E-state index >= 15 is 0 Å². The van der Waals surface area contributed by atoms with Crippen molar-refractivity contribution in [2.24, 2.45) is 0 Å². The number of nitrogens with zero attached hydrogens (tertiary/aromatic N) is 1. The number of imidazole rings is 1. The molecule has 0 saturated heterocycles. The van der Waals surface area contributed by atoms with Crippen LogP contribution in [0.15, 0.2) is 30.6 Å². The molecule has 1 atom stereocenters. The van der Waals surface area contributed by atoms with Crippen molar-refractivity contribution in [1.82, 2.24) is 9.97 Å². The fourth-order valence-corrected chi connectivity index (χ4v) is 1.77. The number of hydrogen-bond donors (Lipinski definition) is 1. The molecule has 1 heterocycles. The molecule has 16 heavy (non-hydrogen) atoms. The summed E-state index contributed by atoms with van der Waals surface area (Å²) in [6.45, 7) is 0. The Morgan fingerprint density at radius 2 is 2.19 bits per heavy atom. The summed E-state index contributed by atoms with van der Waals surface area (Å²) in [5.74, 6) is -0.571. The van der Waals surface area contributed by atoms with Gasteiger partial charge in [0.15, 0.2) is 0 Å². The number of alkyl halides is 1. The summed E-state index contributed by atoms with van der Waals surface area (Å²) in [6, 6.07) is 3.37. The predicted octanol–water partition coefficient (Wildman–Crippen LogP) is 3.21. The SMILES string of the molecule is Fc1ccc(C(Cl)Cc2ncc[nH]2)c(F)c1. The van der Waals surface area contributed by atoms with Crippen LogP contribution in [0.2, 0.25) is 0 Å². The van der Waals surface area contributed by atoms with Crippen molar-refractivity contribution in [2.45, 2.75) is 11.8 Å². The smallest absolute Gasteiger partial charge is 0.130 e. The number of aromatic nitrogens is 2. The zero-order chi connectivity index (χ0) is 11.5. The maximum Gasteiger partial charge on any atom is 0.130 e. The zero-order valence-corrected chi connectivity index (χ0v) is 9.01. The van der Waals surface area contributed by atoms with Gasteiger partial charge in [-0.1, -0.05) is 6.07 Å². The zero-order valence-electron chi connectivity index (χ0n) is 8.25.